The van der Waals surface area contributed by atoms with Crippen LogP contribution < -0.4 is 14.2 Å². The molecule has 0 spiro atoms. The normalized spacial score (nSPS) is 17.7. The molecule has 3 rings (SSSR count). The highest BCUT2D eigenvalue weighted by Gasteiger charge is 2.07. The zero-order valence-corrected chi connectivity index (χ0v) is 19.4. The minimum Gasteiger partial charge on any atom is -0.488 e. The summed E-state index contributed by atoms with van der Waals surface area (Å²) in [5.41, 5.74) is 1.28. The number of quaternary nitrogens is 1. The summed E-state index contributed by atoms with van der Waals surface area (Å²) in [6.07, 6.45) is 10.8. The fourth-order valence-corrected chi connectivity index (χ4v) is 2.44. The van der Waals surface area contributed by atoms with Crippen LogP contribution in [0.15, 0.2) is 103 Å². The van der Waals surface area contributed by atoms with E-state index in [1.165, 1.54) is 50.1 Å². The summed E-state index contributed by atoms with van der Waals surface area (Å²) in [5, 5.41) is 8.57. The maximum absolute atomic E-state index is 5.78. The molecular weight excluding hydrogens is 438 g/mol. The first-order valence-electron chi connectivity index (χ1n) is 10.5. The van der Waals surface area contributed by atoms with Gasteiger partial charge in [0.2, 0.25) is 0 Å². The molecule has 9 nitrogen and oxygen atoms in total. The van der Waals surface area contributed by atoms with Gasteiger partial charge in [-0.25, -0.2) is 0 Å². The predicted octanol–water partition coefficient (Wildman–Crippen LogP) is 5.89. The zero-order chi connectivity index (χ0) is 24.1. The standard InChI is InChI=1S/C25H28N3O6/c1-28(2,3)10-11-32-23-7-4-21(5-8-23)26-27-22-6-9-24-25(20-22)34-19-17-31-15-13-29-12-14-30-16-18-33-24/h4-9,12-20H,10-11H2,1-3H3/q+1/b14-12-,15-13-,18-16-,19-17-,27-26?. The average molecular weight is 467 g/mol. The molecule has 178 valence electrons. The van der Waals surface area contributed by atoms with Crippen LogP contribution in [-0.4, -0.2) is 38.8 Å². The van der Waals surface area contributed by atoms with Gasteiger partial charge >= 0.3 is 0 Å². The van der Waals surface area contributed by atoms with Crippen LogP contribution >= 0.6 is 0 Å². The van der Waals surface area contributed by atoms with Gasteiger partial charge < -0.3 is 32.9 Å². The summed E-state index contributed by atoms with van der Waals surface area (Å²) in [6, 6.07) is 12.6. The number of azo groups is 1. The van der Waals surface area contributed by atoms with Crippen LogP contribution in [0.1, 0.15) is 0 Å². The van der Waals surface area contributed by atoms with E-state index in [4.69, 9.17) is 28.4 Å². The highest BCUT2D eigenvalue weighted by Crippen LogP contribution is 2.33. The van der Waals surface area contributed by atoms with Gasteiger partial charge in [-0.15, -0.1) is 0 Å². The van der Waals surface area contributed by atoms with Gasteiger partial charge in [0.25, 0.3) is 0 Å². The Labute approximate surface area is 199 Å². The van der Waals surface area contributed by atoms with Crippen LogP contribution in [0.25, 0.3) is 0 Å². The molecule has 2 aromatic carbocycles. The molecule has 0 atom stereocenters. The Bertz CT molecular complexity index is 1050. The Morgan fingerprint density at radius 3 is 1.79 bits per heavy atom. The molecule has 0 radical (unpaired) electrons. The van der Waals surface area contributed by atoms with Gasteiger partial charge in [-0.3, -0.25) is 0 Å². The van der Waals surface area contributed by atoms with E-state index in [2.05, 4.69) is 31.4 Å². The molecule has 1 heterocycles. The van der Waals surface area contributed by atoms with Gasteiger partial charge in [-0.1, -0.05) is 0 Å². The number of ether oxygens (including phenoxy) is 6. The van der Waals surface area contributed by atoms with Crippen LogP contribution in [0.4, 0.5) is 11.4 Å². The van der Waals surface area contributed by atoms with E-state index in [1.807, 2.05) is 24.3 Å². The summed E-state index contributed by atoms with van der Waals surface area (Å²) < 4.78 is 33.0. The molecule has 34 heavy (non-hydrogen) atoms. The van der Waals surface area contributed by atoms with Crippen molar-refractivity contribution in [3.63, 3.8) is 0 Å². The van der Waals surface area contributed by atoms with Crippen LogP contribution in [0.3, 0.4) is 0 Å². The van der Waals surface area contributed by atoms with Crippen molar-refractivity contribution in [1.82, 2.24) is 0 Å². The summed E-state index contributed by atoms with van der Waals surface area (Å²) in [7, 11) is 6.38. The van der Waals surface area contributed by atoms with Gasteiger partial charge in [0.05, 0.1) is 32.5 Å². The van der Waals surface area contributed by atoms with Crippen LogP contribution in [-0.2, 0) is 14.2 Å². The third kappa shape index (κ3) is 9.09. The second kappa shape index (κ2) is 12.7. The lowest BCUT2D eigenvalue weighted by Gasteiger charge is -2.23. The third-order valence-electron chi connectivity index (χ3n) is 4.16. The van der Waals surface area contributed by atoms with Crippen molar-refractivity contribution >= 4 is 11.4 Å². The van der Waals surface area contributed by atoms with Crippen LogP contribution in [0, 0.1) is 0 Å². The molecule has 0 amide bonds. The summed E-state index contributed by atoms with van der Waals surface area (Å²) >= 11 is 0. The van der Waals surface area contributed by atoms with E-state index in [1.54, 1.807) is 18.2 Å². The Balaban J connectivity index is 1.66. The maximum atomic E-state index is 5.78. The molecule has 0 fully saturated rings. The number of fused-ring (bicyclic) bond motifs is 1. The van der Waals surface area contributed by atoms with Gasteiger partial charge in [0, 0.05) is 6.07 Å². The van der Waals surface area contributed by atoms with Crippen molar-refractivity contribution in [2.24, 2.45) is 10.2 Å². The van der Waals surface area contributed by atoms with Crippen molar-refractivity contribution in [2.45, 2.75) is 0 Å². The number of benzene rings is 2. The topological polar surface area (TPSA) is 80.1 Å². The van der Waals surface area contributed by atoms with Crippen molar-refractivity contribution in [1.29, 1.82) is 0 Å². The van der Waals surface area contributed by atoms with Gasteiger partial charge in [-0.2, -0.15) is 10.2 Å². The monoisotopic (exact) mass is 466 g/mol. The maximum Gasteiger partial charge on any atom is 0.171 e. The van der Waals surface area contributed by atoms with E-state index in [0.29, 0.717) is 29.5 Å². The van der Waals surface area contributed by atoms with Crippen LogP contribution in [0.2, 0.25) is 0 Å². The Hall–Kier alpha value is -4.24. The summed E-state index contributed by atoms with van der Waals surface area (Å²) in [4.78, 5) is 0. The summed E-state index contributed by atoms with van der Waals surface area (Å²) in [6.45, 7) is 1.56. The predicted molar refractivity (Wildman–Crippen MR) is 127 cm³/mol. The van der Waals surface area contributed by atoms with E-state index in [9.17, 15) is 0 Å². The van der Waals surface area contributed by atoms with E-state index >= 15 is 0 Å². The molecule has 9 heteroatoms. The molecule has 0 aliphatic carbocycles. The number of likely N-dealkylation sites (N-methyl/N-ethyl adjacent to an activating group) is 1. The molecular formula is C25H28N3O6+. The number of hydrogen-bond acceptors (Lipinski definition) is 8. The molecule has 0 unspecified atom stereocenters. The van der Waals surface area contributed by atoms with Gasteiger partial charge in [-0.05, 0) is 36.4 Å². The molecule has 1 aliphatic heterocycles. The first-order valence-corrected chi connectivity index (χ1v) is 10.5. The lowest BCUT2D eigenvalue weighted by Crippen LogP contribution is -2.38. The highest BCUT2D eigenvalue weighted by atomic mass is 16.5. The average Bonchev–Trinajstić information content (AvgIpc) is 2.82. The first-order chi connectivity index (χ1) is 16.5. The Morgan fingerprint density at radius 2 is 1.18 bits per heavy atom. The van der Waals surface area contributed by atoms with Gasteiger partial charge in [0.15, 0.2) is 11.5 Å². The Kier molecular flexibility index (Phi) is 9.12. The van der Waals surface area contributed by atoms with E-state index in [-0.39, 0.29) is 0 Å². The quantitative estimate of drug-likeness (QED) is 0.390. The minimum absolute atomic E-state index is 0.410. The molecule has 1 aliphatic rings. The third-order valence-corrected chi connectivity index (χ3v) is 4.16. The highest BCUT2D eigenvalue weighted by molar-refractivity contribution is 5.52. The fourth-order valence-electron chi connectivity index (χ4n) is 2.44. The number of hydrogen-bond donors (Lipinski definition) is 0. The molecule has 0 bridgehead atoms. The number of nitrogens with zero attached hydrogens (tertiary/aromatic N) is 3. The number of rotatable bonds is 6. The van der Waals surface area contributed by atoms with Crippen molar-refractivity contribution in [3.8, 4) is 17.2 Å². The molecule has 0 N–H and O–H groups in total. The SMILES string of the molecule is C[N+](C)(C)CCOc1ccc(N=Nc2ccc3c(c2)O/C=C\O/C=C\O/C=C\O/C=C\O3)cc1. The van der Waals surface area contributed by atoms with Crippen molar-refractivity contribution < 1.29 is 32.9 Å². The lowest BCUT2D eigenvalue weighted by molar-refractivity contribution is -0.870. The molecule has 0 saturated carbocycles. The largest absolute Gasteiger partial charge is 0.488 e. The summed E-state index contributed by atoms with van der Waals surface area (Å²) in [5.74, 6) is 1.65. The first kappa shape index (κ1) is 24.4. The van der Waals surface area contributed by atoms with Crippen LogP contribution in [0.5, 0.6) is 17.2 Å². The second-order valence-corrected chi connectivity index (χ2v) is 7.92. The van der Waals surface area contributed by atoms with Crippen molar-refractivity contribution in [2.75, 3.05) is 34.3 Å². The van der Waals surface area contributed by atoms with Gasteiger partial charge in [0.1, 0.15) is 69.0 Å². The Morgan fingerprint density at radius 1 is 0.647 bits per heavy atom. The van der Waals surface area contributed by atoms with E-state index < -0.39 is 0 Å². The minimum atomic E-state index is 0.410. The molecule has 0 aromatic heterocycles. The lowest BCUT2D eigenvalue weighted by atomic mass is 10.3. The smallest absolute Gasteiger partial charge is 0.171 e. The fraction of sp³-hybridized carbons (Fsp3) is 0.200. The second-order valence-electron chi connectivity index (χ2n) is 7.92. The van der Waals surface area contributed by atoms with E-state index in [0.717, 1.165) is 16.8 Å². The zero-order valence-electron chi connectivity index (χ0n) is 19.4. The molecule has 0 saturated heterocycles. The van der Waals surface area contributed by atoms with Crippen molar-refractivity contribution in [3.05, 3.63) is 92.6 Å². The molecule has 2 aromatic rings.